The monoisotopic (exact) mass is 335 g/mol. The quantitative estimate of drug-likeness (QED) is 0.929. The van der Waals surface area contributed by atoms with Crippen LogP contribution in [0, 0.1) is 0 Å². The van der Waals surface area contributed by atoms with E-state index in [2.05, 4.69) is 20.6 Å². The summed E-state index contributed by atoms with van der Waals surface area (Å²) < 4.78 is 6.72. The van der Waals surface area contributed by atoms with Gasteiger partial charge in [-0.2, -0.15) is 5.10 Å². The molecule has 0 fully saturated rings. The number of halogens is 1. The number of hydrogen-bond donors (Lipinski definition) is 1. The third-order valence-electron chi connectivity index (χ3n) is 2.53. The third kappa shape index (κ3) is 5.71. The van der Waals surface area contributed by atoms with Crippen LogP contribution in [0.2, 0.25) is 5.15 Å². The molecule has 0 unspecified atom stereocenters. The molecule has 2 rings (SSSR count). The first-order valence-corrected chi connectivity index (χ1v) is 7.39. The summed E-state index contributed by atoms with van der Waals surface area (Å²) in [6.07, 6.45) is 6.67. The van der Waals surface area contributed by atoms with Gasteiger partial charge in [-0.1, -0.05) is 23.8 Å². The van der Waals surface area contributed by atoms with E-state index in [9.17, 15) is 4.79 Å². The minimum Gasteiger partial charge on any atom is -0.444 e. The van der Waals surface area contributed by atoms with E-state index in [0.717, 1.165) is 5.56 Å². The van der Waals surface area contributed by atoms with Crippen molar-refractivity contribution in [2.45, 2.75) is 26.4 Å². The highest BCUT2D eigenvalue weighted by molar-refractivity contribution is 6.29. The van der Waals surface area contributed by atoms with Crippen molar-refractivity contribution in [3.8, 4) is 5.82 Å². The van der Waals surface area contributed by atoms with Crippen molar-refractivity contribution >= 4 is 23.8 Å². The number of carbonyl (C=O) groups excluding carboxylic acids is 1. The lowest BCUT2D eigenvalue weighted by Gasteiger charge is -2.19. The van der Waals surface area contributed by atoms with E-state index in [1.807, 2.05) is 26.8 Å². The zero-order valence-corrected chi connectivity index (χ0v) is 13.9. The maximum Gasteiger partial charge on any atom is 0.407 e. The molecule has 0 aliphatic rings. The summed E-state index contributed by atoms with van der Waals surface area (Å²) in [4.78, 5) is 11.5. The summed E-state index contributed by atoms with van der Waals surface area (Å²) in [6, 6.07) is 3.37. The second kappa shape index (κ2) is 7.23. The molecule has 0 radical (unpaired) electrons. The number of nitrogens with one attached hydrogen (secondary N) is 1. The fourth-order valence-electron chi connectivity index (χ4n) is 1.63. The maximum atomic E-state index is 11.5. The Bertz CT molecular complexity index is 689. The fraction of sp³-hybridized carbons (Fsp3) is 0.333. The van der Waals surface area contributed by atoms with E-state index >= 15 is 0 Å². The first-order chi connectivity index (χ1) is 10.8. The van der Waals surface area contributed by atoms with Crippen LogP contribution < -0.4 is 5.32 Å². The highest BCUT2D eigenvalue weighted by Gasteiger charge is 2.14. The zero-order chi connectivity index (χ0) is 16.9. The van der Waals surface area contributed by atoms with Crippen molar-refractivity contribution in [1.82, 2.24) is 25.3 Å². The van der Waals surface area contributed by atoms with Crippen LogP contribution >= 0.6 is 11.6 Å². The summed E-state index contributed by atoms with van der Waals surface area (Å²) in [5, 5.41) is 14.9. The van der Waals surface area contributed by atoms with E-state index in [4.69, 9.17) is 16.3 Å². The Kier molecular flexibility index (Phi) is 5.33. The molecule has 0 spiro atoms. The van der Waals surface area contributed by atoms with Crippen LogP contribution in [0.5, 0.6) is 0 Å². The summed E-state index contributed by atoms with van der Waals surface area (Å²) in [5.74, 6) is 0.570. The second-order valence-electron chi connectivity index (χ2n) is 5.72. The molecular formula is C15H18ClN5O2. The molecule has 2 heterocycles. The van der Waals surface area contributed by atoms with E-state index in [0.29, 0.717) is 17.5 Å². The lowest BCUT2D eigenvalue weighted by Crippen LogP contribution is -2.32. The van der Waals surface area contributed by atoms with Gasteiger partial charge in [-0.05, 0) is 32.9 Å². The molecule has 0 saturated carbocycles. The number of rotatable bonds is 4. The molecule has 1 amide bonds. The molecule has 0 aliphatic heterocycles. The zero-order valence-electron chi connectivity index (χ0n) is 13.2. The average molecular weight is 336 g/mol. The largest absolute Gasteiger partial charge is 0.444 e. The standard InChI is InChI=1S/C15H18ClN5O2/c1-15(2,3)23-14(22)17-8-4-5-11-9-18-21(10-11)13-7-6-12(16)19-20-13/h4-7,9-10H,8H2,1-3H3,(H,17,22). The van der Waals surface area contributed by atoms with Gasteiger partial charge >= 0.3 is 6.09 Å². The summed E-state index contributed by atoms with van der Waals surface area (Å²) in [6.45, 7) is 5.81. The molecule has 0 aromatic carbocycles. The number of carbonyl (C=O) groups is 1. The molecule has 2 aromatic heterocycles. The normalized spacial score (nSPS) is 11.7. The molecule has 0 saturated heterocycles. The molecule has 122 valence electrons. The molecule has 1 N–H and O–H groups in total. The minimum atomic E-state index is -0.505. The summed E-state index contributed by atoms with van der Waals surface area (Å²) >= 11 is 5.70. The Morgan fingerprint density at radius 2 is 2.17 bits per heavy atom. The summed E-state index contributed by atoms with van der Waals surface area (Å²) in [7, 11) is 0. The first-order valence-electron chi connectivity index (χ1n) is 7.01. The average Bonchev–Trinajstić information content (AvgIpc) is 2.91. The van der Waals surface area contributed by atoms with Crippen molar-refractivity contribution in [2.75, 3.05) is 6.54 Å². The van der Waals surface area contributed by atoms with Crippen LogP contribution in [0.25, 0.3) is 11.9 Å². The molecule has 0 aliphatic carbocycles. The van der Waals surface area contributed by atoms with Gasteiger partial charge in [0.1, 0.15) is 5.60 Å². The molecule has 2 aromatic rings. The van der Waals surface area contributed by atoms with Gasteiger partial charge < -0.3 is 10.1 Å². The molecule has 23 heavy (non-hydrogen) atoms. The Hall–Kier alpha value is -2.41. The van der Waals surface area contributed by atoms with Crippen molar-refractivity contribution in [2.24, 2.45) is 0 Å². The number of hydrogen-bond acceptors (Lipinski definition) is 5. The molecule has 7 nitrogen and oxygen atoms in total. The number of alkyl carbamates (subject to hydrolysis) is 1. The Labute approximate surface area is 139 Å². The van der Waals surface area contributed by atoms with Gasteiger partial charge in [0.25, 0.3) is 0 Å². The lowest BCUT2D eigenvalue weighted by atomic mass is 10.2. The van der Waals surface area contributed by atoms with E-state index in [-0.39, 0.29) is 0 Å². The van der Waals surface area contributed by atoms with Crippen LogP contribution in [0.3, 0.4) is 0 Å². The van der Waals surface area contributed by atoms with Gasteiger partial charge in [-0.25, -0.2) is 9.48 Å². The van der Waals surface area contributed by atoms with Crippen molar-refractivity contribution in [1.29, 1.82) is 0 Å². The second-order valence-corrected chi connectivity index (χ2v) is 6.10. The predicted molar refractivity (Wildman–Crippen MR) is 87.4 cm³/mol. The number of ether oxygens (including phenoxy) is 1. The predicted octanol–water partition coefficient (Wildman–Crippen LogP) is 2.85. The smallest absolute Gasteiger partial charge is 0.407 e. The highest BCUT2D eigenvalue weighted by Crippen LogP contribution is 2.09. The third-order valence-corrected chi connectivity index (χ3v) is 2.73. The van der Waals surface area contributed by atoms with Crippen LogP contribution in [0.15, 0.2) is 30.6 Å². The number of amides is 1. The Morgan fingerprint density at radius 3 is 2.83 bits per heavy atom. The van der Waals surface area contributed by atoms with E-state index in [1.54, 1.807) is 35.3 Å². The molecular weight excluding hydrogens is 318 g/mol. The Balaban J connectivity index is 1.87. The van der Waals surface area contributed by atoms with E-state index < -0.39 is 11.7 Å². The SMILES string of the molecule is CC(C)(C)OC(=O)NCC=Cc1cnn(-c2ccc(Cl)nn2)c1. The van der Waals surface area contributed by atoms with Crippen LogP contribution in [-0.2, 0) is 4.74 Å². The van der Waals surface area contributed by atoms with Crippen LogP contribution in [0.4, 0.5) is 4.79 Å². The topological polar surface area (TPSA) is 81.9 Å². The van der Waals surface area contributed by atoms with Gasteiger partial charge in [0.2, 0.25) is 0 Å². The minimum absolute atomic E-state index is 0.328. The Morgan fingerprint density at radius 1 is 1.39 bits per heavy atom. The molecule has 0 atom stereocenters. The molecule has 8 heteroatoms. The van der Waals surface area contributed by atoms with Crippen molar-refractivity contribution < 1.29 is 9.53 Å². The van der Waals surface area contributed by atoms with Gasteiger partial charge in [-0.15, -0.1) is 10.2 Å². The lowest BCUT2D eigenvalue weighted by molar-refractivity contribution is 0.0534. The van der Waals surface area contributed by atoms with Gasteiger partial charge in [0, 0.05) is 18.3 Å². The van der Waals surface area contributed by atoms with Gasteiger partial charge in [0.15, 0.2) is 11.0 Å². The highest BCUT2D eigenvalue weighted by atomic mass is 35.5. The van der Waals surface area contributed by atoms with Crippen LogP contribution in [-0.4, -0.2) is 38.2 Å². The van der Waals surface area contributed by atoms with Gasteiger partial charge in [-0.3, -0.25) is 0 Å². The van der Waals surface area contributed by atoms with Crippen molar-refractivity contribution in [3.63, 3.8) is 0 Å². The van der Waals surface area contributed by atoms with Crippen LogP contribution in [0.1, 0.15) is 26.3 Å². The van der Waals surface area contributed by atoms with Gasteiger partial charge in [0.05, 0.1) is 6.20 Å². The fourth-order valence-corrected chi connectivity index (χ4v) is 1.73. The maximum absolute atomic E-state index is 11.5. The summed E-state index contributed by atoms with van der Waals surface area (Å²) in [5.41, 5.74) is 0.363. The van der Waals surface area contributed by atoms with Crippen molar-refractivity contribution in [3.05, 3.63) is 41.3 Å². The number of nitrogens with zero attached hydrogens (tertiary/aromatic N) is 4. The first kappa shape index (κ1) is 17.0. The number of aromatic nitrogens is 4. The van der Waals surface area contributed by atoms with E-state index in [1.165, 1.54) is 0 Å². The molecule has 0 bridgehead atoms.